The Morgan fingerprint density at radius 1 is 1.38 bits per heavy atom. The second kappa shape index (κ2) is 6.08. The molecule has 0 saturated carbocycles. The highest BCUT2D eigenvalue weighted by Gasteiger charge is 2.14. The maximum atomic E-state index is 11.9. The summed E-state index contributed by atoms with van der Waals surface area (Å²) in [5.41, 5.74) is 0.240. The molecule has 0 saturated heterocycles. The maximum absolute atomic E-state index is 11.9. The molecule has 3 aromatic heterocycles. The normalized spacial score (nSPS) is 10.7. The summed E-state index contributed by atoms with van der Waals surface area (Å²) in [7, 11) is 0. The van der Waals surface area contributed by atoms with Gasteiger partial charge in [0.1, 0.15) is 0 Å². The molecule has 108 valence electrons. The Hall–Kier alpha value is -2.83. The summed E-state index contributed by atoms with van der Waals surface area (Å²) in [6.45, 7) is 1.36. The van der Waals surface area contributed by atoms with Crippen LogP contribution in [-0.4, -0.2) is 27.2 Å². The number of carbonyl (C=O) groups excluding carboxylic acids is 1. The average molecular weight is 286 g/mol. The number of nitrogens with zero attached hydrogens (tertiary/aromatic N) is 3. The summed E-state index contributed by atoms with van der Waals surface area (Å²) in [6.07, 6.45) is 7.70. The first-order valence-electron chi connectivity index (χ1n) is 6.57. The molecule has 0 radical (unpaired) electrons. The molecule has 1 N–H and O–H groups in total. The van der Waals surface area contributed by atoms with Crippen LogP contribution in [0.4, 0.5) is 0 Å². The topological polar surface area (TPSA) is 86.1 Å². The Labute approximate surface area is 120 Å². The molecular formula is C14H14N4O3. The molecule has 3 heterocycles. The van der Waals surface area contributed by atoms with Gasteiger partial charge in [0.05, 0.1) is 12.6 Å². The van der Waals surface area contributed by atoms with Gasteiger partial charge in [-0.3, -0.25) is 4.79 Å². The molecule has 0 aliphatic rings. The van der Waals surface area contributed by atoms with Crippen LogP contribution < -0.4 is 5.32 Å². The van der Waals surface area contributed by atoms with Gasteiger partial charge in [-0.25, -0.2) is 4.98 Å². The van der Waals surface area contributed by atoms with Crippen LogP contribution in [0.1, 0.15) is 16.9 Å². The number of amides is 1. The van der Waals surface area contributed by atoms with Gasteiger partial charge in [-0.15, -0.1) is 0 Å². The molecule has 0 unspecified atom stereocenters. The molecule has 0 spiro atoms. The van der Waals surface area contributed by atoms with Crippen LogP contribution in [0.3, 0.4) is 0 Å². The molecule has 0 bridgehead atoms. The molecule has 0 fully saturated rings. The van der Waals surface area contributed by atoms with Gasteiger partial charge in [-0.05, 0) is 18.6 Å². The molecule has 7 heteroatoms. The van der Waals surface area contributed by atoms with Crippen molar-refractivity contribution >= 4 is 5.91 Å². The minimum absolute atomic E-state index is 0.240. The fourth-order valence-electron chi connectivity index (χ4n) is 1.89. The van der Waals surface area contributed by atoms with Crippen LogP contribution in [0.25, 0.3) is 11.5 Å². The number of furan rings is 1. The van der Waals surface area contributed by atoms with E-state index in [1.165, 1.54) is 6.26 Å². The van der Waals surface area contributed by atoms with Gasteiger partial charge in [0.25, 0.3) is 5.91 Å². The van der Waals surface area contributed by atoms with Gasteiger partial charge < -0.3 is 18.8 Å². The van der Waals surface area contributed by atoms with Crippen molar-refractivity contribution in [2.75, 3.05) is 6.54 Å². The fraction of sp³-hybridized carbons (Fsp3) is 0.214. The zero-order chi connectivity index (χ0) is 14.5. The molecule has 1 amide bonds. The summed E-state index contributed by atoms with van der Waals surface area (Å²) in [4.78, 5) is 15.9. The number of imidazole rings is 1. The lowest BCUT2D eigenvalue weighted by atomic mass is 10.3. The third-order valence-electron chi connectivity index (χ3n) is 2.94. The van der Waals surface area contributed by atoms with E-state index in [9.17, 15) is 4.79 Å². The molecule has 0 atom stereocenters. The van der Waals surface area contributed by atoms with Crippen molar-refractivity contribution in [3.8, 4) is 11.5 Å². The van der Waals surface area contributed by atoms with E-state index in [1.54, 1.807) is 30.7 Å². The third kappa shape index (κ3) is 3.19. The molecule has 0 aliphatic heterocycles. The lowest BCUT2D eigenvalue weighted by molar-refractivity contribution is 0.0943. The van der Waals surface area contributed by atoms with Crippen molar-refractivity contribution in [2.45, 2.75) is 13.0 Å². The number of carbonyl (C=O) groups is 1. The van der Waals surface area contributed by atoms with Gasteiger partial charge in [0.15, 0.2) is 11.5 Å². The minimum Gasteiger partial charge on any atom is -0.461 e. The molecule has 3 aromatic rings. The maximum Gasteiger partial charge on any atom is 0.273 e. The third-order valence-corrected chi connectivity index (χ3v) is 2.94. The van der Waals surface area contributed by atoms with Crippen molar-refractivity contribution in [2.24, 2.45) is 0 Å². The van der Waals surface area contributed by atoms with Crippen molar-refractivity contribution in [1.82, 2.24) is 20.0 Å². The van der Waals surface area contributed by atoms with Crippen molar-refractivity contribution in [3.63, 3.8) is 0 Å². The van der Waals surface area contributed by atoms with Crippen molar-refractivity contribution < 1.29 is 13.7 Å². The second-order valence-electron chi connectivity index (χ2n) is 4.46. The molecule has 0 aliphatic carbocycles. The Balaban J connectivity index is 1.49. The molecule has 0 aromatic carbocycles. The summed E-state index contributed by atoms with van der Waals surface area (Å²) >= 11 is 0. The van der Waals surface area contributed by atoms with E-state index in [1.807, 2.05) is 10.8 Å². The van der Waals surface area contributed by atoms with Crippen LogP contribution in [0, 0.1) is 0 Å². The Morgan fingerprint density at radius 3 is 3.10 bits per heavy atom. The molecule has 7 nitrogen and oxygen atoms in total. The Bertz CT molecular complexity index is 686. The first-order chi connectivity index (χ1) is 10.3. The van der Waals surface area contributed by atoms with Gasteiger partial charge >= 0.3 is 0 Å². The van der Waals surface area contributed by atoms with E-state index in [0.29, 0.717) is 18.1 Å². The fourth-order valence-corrected chi connectivity index (χ4v) is 1.89. The monoisotopic (exact) mass is 286 g/mol. The minimum atomic E-state index is -0.262. The summed E-state index contributed by atoms with van der Waals surface area (Å²) < 4.78 is 12.2. The smallest absolute Gasteiger partial charge is 0.273 e. The van der Waals surface area contributed by atoms with Crippen LogP contribution in [-0.2, 0) is 6.54 Å². The predicted molar refractivity (Wildman–Crippen MR) is 73.4 cm³/mol. The summed E-state index contributed by atoms with van der Waals surface area (Å²) in [5.74, 6) is 0.715. The second-order valence-corrected chi connectivity index (χ2v) is 4.46. The van der Waals surface area contributed by atoms with Gasteiger partial charge in [-0.2, -0.15) is 0 Å². The van der Waals surface area contributed by atoms with Crippen molar-refractivity contribution in [3.05, 3.63) is 48.9 Å². The van der Waals surface area contributed by atoms with Gasteiger partial charge in [0.2, 0.25) is 5.76 Å². The summed E-state index contributed by atoms with van der Waals surface area (Å²) in [6, 6.07) is 5.05. The predicted octanol–water partition coefficient (Wildman–Crippen LogP) is 1.95. The number of nitrogens with one attached hydrogen (secondary N) is 1. The van der Waals surface area contributed by atoms with E-state index in [2.05, 4.69) is 15.5 Å². The van der Waals surface area contributed by atoms with E-state index >= 15 is 0 Å². The van der Waals surface area contributed by atoms with E-state index in [0.717, 1.165) is 13.0 Å². The number of hydrogen-bond acceptors (Lipinski definition) is 5. The quantitative estimate of drug-likeness (QED) is 0.700. The van der Waals surface area contributed by atoms with Crippen molar-refractivity contribution in [1.29, 1.82) is 0 Å². The van der Waals surface area contributed by atoms with E-state index < -0.39 is 0 Å². The molecule has 21 heavy (non-hydrogen) atoms. The summed E-state index contributed by atoms with van der Waals surface area (Å²) in [5, 5.41) is 6.53. The Kier molecular flexibility index (Phi) is 3.81. The lowest BCUT2D eigenvalue weighted by Gasteiger charge is -2.03. The molecule has 3 rings (SSSR count). The zero-order valence-electron chi connectivity index (χ0n) is 11.2. The molecular weight excluding hydrogens is 272 g/mol. The zero-order valence-corrected chi connectivity index (χ0v) is 11.2. The van der Waals surface area contributed by atoms with Crippen LogP contribution in [0.2, 0.25) is 0 Å². The Morgan fingerprint density at radius 2 is 2.33 bits per heavy atom. The number of aromatic nitrogens is 3. The van der Waals surface area contributed by atoms with Gasteiger partial charge in [-0.1, -0.05) is 5.16 Å². The number of hydrogen-bond donors (Lipinski definition) is 1. The lowest BCUT2D eigenvalue weighted by Crippen LogP contribution is -2.25. The van der Waals surface area contributed by atoms with Gasteiger partial charge in [0, 0.05) is 31.5 Å². The highest BCUT2D eigenvalue weighted by Crippen LogP contribution is 2.20. The highest BCUT2D eigenvalue weighted by atomic mass is 16.5. The standard InChI is InChI=1S/C14H14N4O3/c19-14(16-4-2-6-18-7-5-15-10-18)11-9-13(21-17-11)12-3-1-8-20-12/h1,3,5,7-10H,2,4,6H2,(H,16,19). The van der Waals surface area contributed by atoms with E-state index in [4.69, 9.17) is 8.94 Å². The van der Waals surface area contributed by atoms with E-state index in [-0.39, 0.29) is 11.6 Å². The van der Waals surface area contributed by atoms with Crippen LogP contribution in [0.15, 0.2) is 52.1 Å². The van der Waals surface area contributed by atoms with Crippen LogP contribution >= 0.6 is 0 Å². The number of rotatable bonds is 6. The number of aryl methyl sites for hydroxylation is 1. The first-order valence-corrected chi connectivity index (χ1v) is 6.57. The first kappa shape index (κ1) is 13.2. The SMILES string of the molecule is O=C(NCCCn1ccnc1)c1cc(-c2ccco2)on1. The average Bonchev–Trinajstić information content (AvgIpc) is 3.25. The largest absolute Gasteiger partial charge is 0.461 e. The highest BCUT2D eigenvalue weighted by molar-refractivity contribution is 5.92. The van der Waals surface area contributed by atoms with Crippen LogP contribution in [0.5, 0.6) is 0 Å².